The molecule has 1 aromatic carbocycles. The number of pyridine rings is 1. The monoisotopic (exact) mass is 620 g/mol. The number of nitrogens with one attached hydrogen (secondary N) is 2. The van der Waals surface area contributed by atoms with E-state index >= 15 is 0 Å². The third-order valence-electron chi connectivity index (χ3n) is 8.06. The van der Waals surface area contributed by atoms with Gasteiger partial charge in [0.2, 0.25) is 5.95 Å². The highest BCUT2D eigenvalue weighted by Crippen LogP contribution is 2.39. The van der Waals surface area contributed by atoms with E-state index < -0.39 is 0 Å². The Hall–Kier alpha value is -3.70. The molecule has 3 atom stereocenters. The number of halogens is 1. The summed E-state index contributed by atoms with van der Waals surface area (Å²) in [5.41, 5.74) is 3.32. The highest BCUT2D eigenvalue weighted by atomic mass is 35.5. The summed E-state index contributed by atoms with van der Waals surface area (Å²) in [5, 5.41) is 4.26. The maximum atomic E-state index is 13.6. The molecule has 1 amide bonds. The van der Waals surface area contributed by atoms with Crippen LogP contribution in [0, 0.1) is 13.8 Å². The van der Waals surface area contributed by atoms with Gasteiger partial charge in [0.15, 0.2) is 5.69 Å². The van der Waals surface area contributed by atoms with Gasteiger partial charge in [-0.25, -0.2) is 19.9 Å². The minimum Gasteiger partial charge on any atom is -0.377 e. The minimum atomic E-state index is -0.330. The number of anilines is 2. The molecule has 0 aliphatic carbocycles. The van der Waals surface area contributed by atoms with Gasteiger partial charge in [-0.3, -0.25) is 18.9 Å². The van der Waals surface area contributed by atoms with Gasteiger partial charge < -0.3 is 10.2 Å². The highest BCUT2D eigenvalue weighted by molar-refractivity contribution is 7.97. The molecule has 2 N–H and O–H groups in total. The van der Waals surface area contributed by atoms with Crippen LogP contribution in [0.25, 0.3) is 10.9 Å². The molecule has 3 aromatic heterocycles. The number of hydrogen-bond acceptors (Lipinski definition) is 9. The minimum absolute atomic E-state index is 0.0367. The average molecular weight is 621 g/mol. The number of rotatable bonds is 6. The van der Waals surface area contributed by atoms with Crippen LogP contribution in [0.2, 0.25) is 5.15 Å². The number of aromatic nitrogens is 5. The van der Waals surface area contributed by atoms with Crippen LogP contribution in [0.3, 0.4) is 0 Å². The Bertz CT molecular complexity index is 1670. The van der Waals surface area contributed by atoms with Gasteiger partial charge in [0.25, 0.3) is 11.5 Å². The summed E-state index contributed by atoms with van der Waals surface area (Å²) >= 11 is 7.29. The summed E-state index contributed by atoms with van der Waals surface area (Å²) in [6.07, 6.45) is 11.1. The normalized spacial score (nSPS) is 18.1. The lowest BCUT2D eigenvalue weighted by Gasteiger charge is -2.36. The fourth-order valence-electron chi connectivity index (χ4n) is 6.10. The second kappa shape index (κ2) is 13.3. The fraction of sp³-hybridized carbons (Fsp3) is 0.419. The zero-order valence-electron chi connectivity index (χ0n) is 25.1. The Kier molecular flexibility index (Phi) is 9.51. The largest absolute Gasteiger partial charge is 0.377 e. The van der Waals surface area contributed by atoms with E-state index in [4.69, 9.17) is 16.6 Å². The molecule has 10 nitrogen and oxygen atoms in total. The summed E-state index contributed by atoms with van der Waals surface area (Å²) in [5.74, 6) is 1.25. The summed E-state index contributed by atoms with van der Waals surface area (Å²) in [7, 11) is 1.83. The van der Waals surface area contributed by atoms with E-state index in [1.165, 1.54) is 18.4 Å². The third-order valence-corrected chi connectivity index (χ3v) is 8.66. The van der Waals surface area contributed by atoms with Crippen molar-refractivity contribution in [3.05, 3.63) is 80.9 Å². The molecule has 2 aliphatic heterocycles. The van der Waals surface area contributed by atoms with Crippen LogP contribution in [0.15, 0.2) is 47.5 Å². The SMILES string of the molecule is CSNC(=O)c1nc(Cl)ccc1NC(C)c1cc(C)cc2c(=O)n(C)c(N3C4CCCC3CC4)nc12.Cc1ncccn1. The zero-order valence-corrected chi connectivity index (χ0v) is 26.7. The van der Waals surface area contributed by atoms with Gasteiger partial charge >= 0.3 is 0 Å². The standard InChI is InChI=1S/C26H31ClN6O2S.C5H6N2/c1-14-12-18(15(2)28-20-10-11-21(27)29-23(20)24(34)31-36-4)22-19(13-14)25(35)32(3)26(30-22)33-16-6-5-7-17(33)9-8-16;1-5-6-3-2-4-7-5/h10-13,15-17,28H,5-9H2,1-4H3,(H,31,34);2-4H,1H3. The molecule has 3 unspecified atom stereocenters. The van der Waals surface area contributed by atoms with Gasteiger partial charge in [0, 0.05) is 43.3 Å². The number of hydrogen-bond donors (Lipinski definition) is 2. The molecular weight excluding hydrogens is 584 g/mol. The lowest BCUT2D eigenvalue weighted by atomic mass is 10.0. The first-order chi connectivity index (χ1) is 20.7. The Balaban J connectivity index is 0.000000463. The average Bonchev–Trinajstić information content (AvgIpc) is 3.23. The van der Waals surface area contributed by atoms with Crippen molar-refractivity contribution in [2.75, 3.05) is 16.5 Å². The first kappa shape index (κ1) is 30.7. The molecule has 2 fully saturated rings. The van der Waals surface area contributed by atoms with Crippen LogP contribution in [-0.4, -0.2) is 48.7 Å². The van der Waals surface area contributed by atoms with Gasteiger partial charge in [-0.15, -0.1) is 0 Å². The smallest absolute Gasteiger partial charge is 0.281 e. The predicted molar refractivity (Wildman–Crippen MR) is 174 cm³/mol. The predicted octanol–water partition coefficient (Wildman–Crippen LogP) is 5.78. The molecule has 6 rings (SSSR count). The number of piperidine rings is 1. The molecule has 226 valence electrons. The number of nitrogens with zero attached hydrogens (tertiary/aromatic N) is 6. The number of aryl methyl sites for hydroxylation is 2. The number of carbonyl (C=O) groups is 1. The lowest BCUT2D eigenvalue weighted by Crippen LogP contribution is -2.43. The fourth-order valence-corrected chi connectivity index (χ4v) is 6.53. The second-order valence-electron chi connectivity index (χ2n) is 11.1. The van der Waals surface area contributed by atoms with Crippen LogP contribution in [0.4, 0.5) is 11.6 Å². The van der Waals surface area contributed by atoms with Gasteiger partial charge in [-0.05, 0) is 82.7 Å². The van der Waals surface area contributed by atoms with E-state index in [0.717, 1.165) is 48.6 Å². The van der Waals surface area contributed by atoms with E-state index in [9.17, 15) is 9.59 Å². The molecule has 0 saturated carbocycles. The number of amides is 1. The van der Waals surface area contributed by atoms with Crippen LogP contribution in [0.1, 0.15) is 72.5 Å². The molecule has 2 bridgehead atoms. The molecule has 0 radical (unpaired) electrons. The summed E-state index contributed by atoms with van der Waals surface area (Å²) in [4.78, 5) is 45.7. The van der Waals surface area contributed by atoms with Crippen molar-refractivity contribution in [3.63, 3.8) is 0 Å². The van der Waals surface area contributed by atoms with Crippen molar-refractivity contribution in [1.82, 2.24) is 29.2 Å². The molecule has 2 aliphatic rings. The van der Waals surface area contributed by atoms with Gasteiger partial charge in [-0.2, -0.15) is 0 Å². The zero-order chi connectivity index (χ0) is 30.7. The first-order valence-corrected chi connectivity index (χ1v) is 16.1. The quantitative estimate of drug-likeness (QED) is 0.204. The van der Waals surface area contributed by atoms with Crippen molar-refractivity contribution >= 4 is 52.0 Å². The topological polar surface area (TPSA) is 118 Å². The maximum absolute atomic E-state index is 13.6. The van der Waals surface area contributed by atoms with E-state index in [0.29, 0.717) is 28.7 Å². The van der Waals surface area contributed by atoms with Gasteiger partial charge in [0.05, 0.1) is 22.6 Å². The van der Waals surface area contributed by atoms with E-state index in [-0.39, 0.29) is 28.4 Å². The molecule has 43 heavy (non-hydrogen) atoms. The van der Waals surface area contributed by atoms with E-state index in [2.05, 4.69) is 36.0 Å². The second-order valence-corrected chi connectivity index (χ2v) is 12.1. The number of fused-ring (bicyclic) bond motifs is 3. The summed E-state index contributed by atoms with van der Waals surface area (Å²) in [6, 6.07) is 9.82. The highest BCUT2D eigenvalue weighted by Gasteiger charge is 2.38. The summed E-state index contributed by atoms with van der Waals surface area (Å²) in [6.45, 7) is 5.84. The third kappa shape index (κ3) is 6.62. The van der Waals surface area contributed by atoms with Crippen LogP contribution in [0.5, 0.6) is 0 Å². The molecule has 5 heterocycles. The number of benzene rings is 1. The van der Waals surface area contributed by atoms with E-state index in [1.54, 1.807) is 41.4 Å². The Labute approximate surface area is 260 Å². The van der Waals surface area contributed by atoms with Gasteiger partial charge in [0.1, 0.15) is 11.0 Å². The molecule has 4 aromatic rings. The van der Waals surface area contributed by atoms with Crippen molar-refractivity contribution in [2.45, 2.75) is 71.0 Å². The Morgan fingerprint density at radius 2 is 1.77 bits per heavy atom. The Morgan fingerprint density at radius 1 is 1.07 bits per heavy atom. The first-order valence-electron chi connectivity index (χ1n) is 14.5. The van der Waals surface area contributed by atoms with Crippen LogP contribution in [-0.2, 0) is 7.05 Å². The van der Waals surface area contributed by atoms with Crippen LogP contribution < -0.4 is 20.5 Å². The van der Waals surface area contributed by atoms with Crippen molar-refractivity contribution < 1.29 is 4.79 Å². The Morgan fingerprint density at radius 3 is 2.40 bits per heavy atom. The maximum Gasteiger partial charge on any atom is 0.281 e. The van der Waals surface area contributed by atoms with Gasteiger partial charge in [-0.1, -0.05) is 29.6 Å². The molecule has 0 spiro atoms. The number of carbonyl (C=O) groups excluding carboxylic acids is 1. The van der Waals surface area contributed by atoms with E-state index in [1.807, 2.05) is 33.9 Å². The van der Waals surface area contributed by atoms with Crippen LogP contribution >= 0.6 is 23.5 Å². The lowest BCUT2D eigenvalue weighted by molar-refractivity contribution is 0.0980. The molecule has 12 heteroatoms. The van der Waals surface area contributed by atoms with Crippen molar-refractivity contribution in [3.8, 4) is 0 Å². The molecular formula is C31H37ClN8O2S. The molecule has 2 saturated heterocycles. The summed E-state index contributed by atoms with van der Waals surface area (Å²) < 4.78 is 4.42. The van der Waals surface area contributed by atoms with Crippen molar-refractivity contribution in [2.24, 2.45) is 7.05 Å². The van der Waals surface area contributed by atoms with Crippen molar-refractivity contribution in [1.29, 1.82) is 0 Å².